The molecule has 0 bridgehead atoms. The molecule has 1 atom stereocenters. The number of hydrogen-bond acceptors (Lipinski definition) is 3. The molecule has 0 radical (unpaired) electrons. The third-order valence-corrected chi connectivity index (χ3v) is 4.65. The lowest BCUT2D eigenvalue weighted by atomic mass is 10.1. The minimum Gasteiger partial charge on any atom is -0.309 e. The van der Waals surface area contributed by atoms with Gasteiger partial charge in [-0.2, -0.15) is 0 Å². The molecular formula is C16H26N2S. The summed E-state index contributed by atoms with van der Waals surface area (Å²) in [5.41, 5.74) is 1.42. The highest BCUT2D eigenvalue weighted by Gasteiger charge is 2.13. The molecule has 1 saturated heterocycles. The Balaban J connectivity index is 1.77. The monoisotopic (exact) mass is 278 g/mol. The van der Waals surface area contributed by atoms with Gasteiger partial charge >= 0.3 is 0 Å². The number of likely N-dealkylation sites (tertiary alicyclic amines) is 1. The van der Waals surface area contributed by atoms with Gasteiger partial charge in [-0.25, -0.2) is 0 Å². The Morgan fingerprint density at radius 3 is 2.68 bits per heavy atom. The summed E-state index contributed by atoms with van der Waals surface area (Å²) >= 11 is 1.83. The minimum absolute atomic E-state index is 0.563. The molecule has 2 rings (SSSR count). The van der Waals surface area contributed by atoms with E-state index < -0.39 is 0 Å². The second-order valence-corrected chi connectivity index (χ2v) is 6.30. The first kappa shape index (κ1) is 14.9. The van der Waals surface area contributed by atoms with E-state index in [1.54, 1.807) is 0 Å². The van der Waals surface area contributed by atoms with Gasteiger partial charge in [0, 0.05) is 24.0 Å². The van der Waals surface area contributed by atoms with E-state index in [4.69, 9.17) is 0 Å². The van der Waals surface area contributed by atoms with Crippen molar-refractivity contribution >= 4 is 11.8 Å². The Morgan fingerprint density at radius 1 is 1.21 bits per heavy atom. The number of hydrogen-bond donors (Lipinski definition) is 1. The molecule has 1 fully saturated rings. The van der Waals surface area contributed by atoms with E-state index in [2.05, 4.69) is 47.7 Å². The summed E-state index contributed by atoms with van der Waals surface area (Å²) in [4.78, 5) is 3.99. The SMILES string of the molecule is CSc1ccccc1CNC(C)CN1CCCCC1. The van der Waals surface area contributed by atoms with Crippen molar-refractivity contribution in [2.45, 2.75) is 43.7 Å². The molecule has 106 valence electrons. The van der Waals surface area contributed by atoms with Crippen LogP contribution >= 0.6 is 11.8 Å². The third kappa shape index (κ3) is 4.83. The van der Waals surface area contributed by atoms with Crippen molar-refractivity contribution in [1.29, 1.82) is 0 Å². The van der Waals surface area contributed by atoms with Crippen LogP contribution in [0.3, 0.4) is 0 Å². The average molecular weight is 278 g/mol. The van der Waals surface area contributed by atoms with Crippen molar-refractivity contribution in [2.75, 3.05) is 25.9 Å². The molecule has 0 aliphatic carbocycles. The summed E-state index contributed by atoms with van der Waals surface area (Å²) < 4.78 is 0. The summed E-state index contributed by atoms with van der Waals surface area (Å²) in [6.07, 6.45) is 6.32. The van der Waals surface area contributed by atoms with Crippen LogP contribution in [0.15, 0.2) is 29.2 Å². The minimum atomic E-state index is 0.563. The Hall–Kier alpha value is -0.510. The summed E-state index contributed by atoms with van der Waals surface area (Å²) in [7, 11) is 0. The van der Waals surface area contributed by atoms with Crippen molar-refractivity contribution in [3.63, 3.8) is 0 Å². The summed E-state index contributed by atoms with van der Waals surface area (Å²) in [5, 5.41) is 3.67. The van der Waals surface area contributed by atoms with Crippen molar-refractivity contribution in [2.24, 2.45) is 0 Å². The van der Waals surface area contributed by atoms with Gasteiger partial charge in [0.2, 0.25) is 0 Å². The Bertz CT molecular complexity index is 375. The smallest absolute Gasteiger partial charge is 0.0219 e. The molecule has 1 aliphatic heterocycles. The van der Waals surface area contributed by atoms with Crippen molar-refractivity contribution < 1.29 is 0 Å². The quantitative estimate of drug-likeness (QED) is 0.803. The van der Waals surface area contributed by atoms with Gasteiger partial charge < -0.3 is 10.2 Å². The van der Waals surface area contributed by atoms with Crippen molar-refractivity contribution in [1.82, 2.24) is 10.2 Å². The van der Waals surface area contributed by atoms with Crippen LogP contribution in [0.1, 0.15) is 31.7 Å². The van der Waals surface area contributed by atoms with Crippen LogP contribution in [-0.4, -0.2) is 36.8 Å². The van der Waals surface area contributed by atoms with Crippen LogP contribution < -0.4 is 5.32 Å². The van der Waals surface area contributed by atoms with Crippen molar-refractivity contribution in [3.8, 4) is 0 Å². The molecule has 19 heavy (non-hydrogen) atoms. The van der Waals surface area contributed by atoms with Crippen LogP contribution in [0.5, 0.6) is 0 Å². The van der Waals surface area contributed by atoms with Crippen LogP contribution in [0, 0.1) is 0 Å². The molecule has 1 N–H and O–H groups in total. The van der Waals surface area contributed by atoms with E-state index in [0.29, 0.717) is 6.04 Å². The highest BCUT2D eigenvalue weighted by Crippen LogP contribution is 2.19. The number of nitrogens with one attached hydrogen (secondary N) is 1. The molecule has 1 aliphatic rings. The number of thioether (sulfide) groups is 1. The normalized spacial score (nSPS) is 18.4. The Morgan fingerprint density at radius 2 is 1.95 bits per heavy atom. The maximum atomic E-state index is 3.67. The van der Waals surface area contributed by atoms with Gasteiger partial charge in [0.25, 0.3) is 0 Å². The van der Waals surface area contributed by atoms with E-state index in [9.17, 15) is 0 Å². The number of rotatable bonds is 6. The molecule has 1 unspecified atom stereocenters. The fraction of sp³-hybridized carbons (Fsp3) is 0.625. The van der Waals surface area contributed by atoms with Crippen LogP contribution in [0.2, 0.25) is 0 Å². The maximum Gasteiger partial charge on any atom is 0.0219 e. The molecular weight excluding hydrogens is 252 g/mol. The maximum absolute atomic E-state index is 3.67. The summed E-state index contributed by atoms with van der Waals surface area (Å²) in [6.45, 7) is 7.03. The Labute approximate surface area is 122 Å². The predicted molar refractivity (Wildman–Crippen MR) is 84.8 cm³/mol. The molecule has 0 aromatic heterocycles. The second-order valence-electron chi connectivity index (χ2n) is 5.46. The average Bonchev–Trinajstić information content (AvgIpc) is 2.46. The van der Waals surface area contributed by atoms with E-state index >= 15 is 0 Å². The standard InChI is InChI=1S/C16H26N2S/c1-14(13-18-10-6-3-7-11-18)17-12-15-8-4-5-9-16(15)19-2/h4-5,8-9,14,17H,3,6-7,10-13H2,1-2H3. The van der Waals surface area contributed by atoms with Gasteiger partial charge in [0.1, 0.15) is 0 Å². The molecule has 2 nitrogen and oxygen atoms in total. The zero-order valence-electron chi connectivity index (χ0n) is 12.2. The van der Waals surface area contributed by atoms with E-state index in [-0.39, 0.29) is 0 Å². The molecule has 0 saturated carbocycles. The summed E-state index contributed by atoms with van der Waals surface area (Å²) in [6, 6.07) is 9.25. The molecule has 0 amide bonds. The predicted octanol–water partition coefficient (Wildman–Crippen LogP) is 3.37. The van der Waals surface area contributed by atoms with E-state index in [1.807, 2.05) is 11.8 Å². The van der Waals surface area contributed by atoms with Gasteiger partial charge in [0.05, 0.1) is 0 Å². The number of nitrogens with zero attached hydrogens (tertiary/aromatic N) is 1. The lowest BCUT2D eigenvalue weighted by Crippen LogP contribution is -2.41. The highest BCUT2D eigenvalue weighted by molar-refractivity contribution is 7.98. The Kier molecular flexibility index (Phi) is 6.21. The number of piperidine rings is 1. The van der Waals surface area contributed by atoms with Gasteiger partial charge in [-0.3, -0.25) is 0 Å². The number of benzene rings is 1. The lowest BCUT2D eigenvalue weighted by molar-refractivity contribution is 0.209. The topological polar surface area (TPSA) is 15.3 Å². The van der Waals surface area contributed by atoms with Gasteiger partial charge in [0.15, 0.2) is 0 Å². The van der Waals surface area contributed by atoms with E-state index in [0.717, 1.165) is 6.54 Å². The fourth-order valence-corrected chi connectivity index (χ4v) is 3.34. The van der Waals surface area contributed by atoms with Crippen LogP contribution in [0.25, 0.3) is 0 Å². The zero-order valence-corrected chi connectivity index (χ0v) is 13.0. The third-order valence-electron chi connectivity index (χ3n) is 3.81. The first-order valence-corrected chi connectivity index (χ1v) is 8.59. The molecule has 0 spiro atoms. The van der Waals surface area contributed by atoms with Crippen LogP contribution in [0.4, 0.5) is 0 Å². The van der Waals surface area contributed by atoms with Gasteiger partial charge in [-0.15, -0.1) is 11.8 Å². The first-order chi connectivity index (χ1) is 9.29. The lowest BCUT2D eigenvalue weighted by Gasteiger charge is -2.29. The molecule has 1 heterocycles. The highest BCUT2D eigenvalue weighted by atomic mass is 32.2. The zero-order chi connectivity index (χ0) is 13.5. The summed E-state index contributed by atoms with van der Waals surface area (Å²) in [5.74, 6) is 0. The van der Waals surface area contributed by atoms with Gasteiger partial charge in [-0.05, 0) is 50.7 Å². The first-order valence-electron chi connectivity index (χ1n) is 7.37. The second kappa shape index (κ2) is 7.93. The molecule has 1 aromatic carbocycles. The van der Waals surface area contributed by atoms with E-state index in [1.165, 1.54) is 49.4 Å². The molecule has 1 aromatic rings. The fourth-order valence-electron chi connectivity index (χ4n) is 2.73. The largest absolute Gasteiger partial charge is 0.309 e. The van der Waals surface area contributed by atoms with Crippen LogP contribution in [-0.2, 0) is 6.54 Å². The van der Waals surface area contributed by atoms with Crippen molar-refractivity contribution in [3.05, 3.63) is 29.8 Å². The van der Waals surface area contributed by atoms with Gasteiger partial charge in [-0.1, -0.05) is 24.6 Å². The molecule has 3 heteroatoms.